The average molecular weight is 258 g/mol. The molecule has 0 aromatic heterocycles. The van der Waals surface area contributed by atoms with Gasteiger partial charge in [0.05, 0.1) is 11.5 Å². The van der Waals surface area contributed by atoms with E-state index in [1.54, 1.807) is 0 Å². The number of benzene rings is 1. The summed E-state index contributed by atoms with van der Waals surface area (Å²) in [4.78, 5) is 0. The van der Waals surface area contributed by atoms with Crippen LogP contribution in [0.2, 0.25) is 0 Å². The Hall–Kier alpha value is -0.900. The molecule has 2 nitrogen and oxygen atoms in total. The first kappa shape index (κ1) is 14.2. The molecule has 0 saturated carbocycles. The van der Waals surface area contributed by atoms with Crippen molar-refractivity contribution in [1.82, 2.24) is 0 Å². The number of sulfone groups is 1. The minimum absolute atomic E-state index is 0.00375. The Morgan fingerprint density at radius 2 is 1.65 bits per heavy atom. The van der Waals surface area contributed by atoms with Crippen molar-refractivity contribution in [2.24, 2.45) is 5.92 Å². The molecule has 0 aliphatic rings. The van der Waals surface area contributed by atoms with Gasteiger partial charge in [-0.05, 0) is 23.6 Å². The molecule has 0 bridgehead atoms. The van der Waals surface area contributed by atoms with Crippen molar-refractivity contribution < 1.29 is 12.8 Å². The minimum atomic E-state index is -3.09. The first-order chi connectivity index (χ1) is 7.96. The fourth-order valence-electron chi connectivity index (χ4n) is 1.78. The summed E-state index contributed by atoms with van der Waals surface area (Å²) in [5.74, 6) is 0.104. The quantitative estimate of drug-likeness (QED) is 0.785. The Kier molecular flexibility index (Phi) is 5.12. The van der Waals surface area contributed by atoms with Gasteiger partial charge in [-0.2, -0.15) is 0 Å². The maximum atomic E-state index is 12.7. The second-order valence-electron chi connectivity index (χ2n) is 4.36. The van der Waals surface area contributed by atoms with Gasteiger partial charge >= 0.3 is 0 Å². The Morgan fingerprint density at radius 1 is 1.12 bits per heavy atom. The summed E-state index contributed by atoms with van der Waals surface area (Å²) in [5, 5.41) is 0. The van der Waals surface area contributed by atoms with Gasteiger partial charge in [0.1, 0.15) is 5.82 Å². The molecule has 1 aromatic carbocycles. The largest absolute Gasteiger partial charge is 0.228 e. The van der Waals surface area contributed by atoms with E-state index in [-0.39, 0.29) is 23.2 Å². The fourth-order valence-corrected chi connectivity index (χ4v) is 3.78. The predicted molar refractivity (Wildman–Crippen MR) is 68.0 cm³/mol. The molecule has 17 heavy (non-hydrogen) atoms. The van der Waals surface area contributed by atoms with E-state index in [0.717, 1.165) is 12.8 Å². The van der Waals surface area contributed by atoms with E-state index in [1.807, 2.05) is 13.8 Å². The second-order valence-corrected chi connectivity index (χ2v) is 6.47. The fraction of sp³-hybridized carbons (Fsp3) is 0.538. The van der Waals surface area contributed by atoms with Crippen molar-refractivity contribution in [3.8, 4) is 0 Å². The number of hydrogen-bond acceptors (Lipinski definition) is 2. The first-order valence-corrected chi connectivity index (χ1v) is 7.73. The number of hydrogen-bond donors (Lipinski definition) is 0. The number of halogens is 1. The lowest BCUT2D eigenvalue weighted by Gasteiger charge is -2.12. The zero-order chi connectivity index (χ0) is 12.9. The molecule has 0 amide bonds. The van der Waals surface area contributed by atoms with E-state index in [0.29, 0.717) is 5.56 Å². The third-order valence-electron chi connectivity index (χ3n) is 2.94. The summed E-state index contributed by atoms with van der Waals surface area (Å²) >= 11 is 0. The summed E-state index contributed by atoms with van der Waals surface area (Å²) in [6, 6.07) is 5.64. The SMILES string of the molecule is CCC(CC)CS(=O)(=O)Cc1ccc(F)cc1. The van der Waals surface area contributed by atoms with Crippen molar-refractivity contribution in [2.45, 2.75) is 32.4 Å². The maximum absolute atomic E-state index is 12.7. The van der Waals surface area contributed by atoms with Crippen LogP contribution in [0, 0.1) is 11.7 Å². The summed E-state index contributed by atoms with van der Waals surface area (Å²) < 4.78 is 36.5. The predicted octanol–water partition coefficient (Wildman–Crippen LogP) is 3.18. The molecule has 0 fully saturated rings. The van der Waals surface area contributed by atoms with Crippen molar-refractivity contribution in [3.05, 3.63) is 35.6 Å². The topological polar surface area (TPSA) is 34.1 Å². The van der Waals surface area contributed by atoms with Crippen LogP contribution in [0.5, 0.6) is 0 Å². The molecule has 0 saturated heterocycles. The molecule has 1 aromatic rings. The van der Waals surface area contributed by atoms with Gasteiger partial charge in [0.25, 0.3) is 0 Å². The Labute approximate surface area is 103 Å². The van der Waals surface area contributed by atoms with Gasteiger partial charge in [0, 0.05) is 0 Å². The normalized spacial score (nSPS) is 12.0. The van der Waals surface area contributed by atoms with Crippen LogP contribution in [-0.4, -0.2) is 14.2 Å². The lowest BCUT2D eigenvalue weighted by atomic mass is 10.1. The van der Waals surface area contributed by atoms with Gasteiger partial charge in [-0.25, -0.2) is 12.8 Å². The maximum Gasteiger partial charge on any atom is 0.154 e. The van der Waals surface area contributed by atoms with Crippen LogP contribution in [0.3, 0.4) is 0 Å². The van der Waals surface area contributed by atoms with Crippen molar-refractivity contribution in [3.63, 3.8) is 0 Å². The highest BCUT2D eigenvalue weighted by molar-refractivity contribution is 7.90. The highest BCUT2D eigenvalue weighted by Gasteiger charge is 2.17. The molecule has 0 aliphatic heterocycles. The van der Waals surface area contributed by atoms with E-state index in [2.05, 4.69) is 0 Å². The van der Waals surface area contributed by atoms with Crippen LogP contribution in [0.1, 0.15) is 32.3 Å². The molecule has 0 aliphatic carbocycles. The Balaban J connectivity index is 2.69. The standard InChI is InChI=1S/C13H19FO2S/c1-3-11(4-2)9-17(15,16)10-12-5-7-13(14)8-6-12/h5-8,11H,3-4,9-10H2,1-2H3. The van der Waals surface area contributed by atoms with Crippen LogP contribution >= 0.6 is 0 Å². The third-order valence-corrected chi connectivity index (χ3v) is 4.70. The van der Waals surface area contributed by atoms with Crippen LogP contribution in [0.4, 0.5) is 4.39 Å². The molecule has 0 N–H and O–H groups in total. The molecule has 4 heteroatoms. The average Bonchev–Trinajstić information content (AvgIpc) is 2.29. The molecule has 0 radical (unpaired) electrons. The smallest absolute Gasteiger partial charge is 0.154 e. The number of rotatable bonds is 6. The molecule has 0 spiro atoms. The van der Waals surface area contributed by atoms with Crippen molar-refractivity contribution >= 4 is 9.84 Å². The monoisotopic (exact) mass is 258 g/mol. The highest BCUT2D eigenvalue weighted by Crippen LogP contribution is 2.15. The van der Waals surface area contributed by atoms with Crippen molar-refractivity contribution in [1.29, 1.82) is 0 Å². The van der Waals surface area contributed by atoms with Crippen LogP contribution in [0.25, 0.3) is 0 Å². The summed E-state index contributed by atoms with van der Waals surface area (Å²) in [6.45, 7) is 4.00. The second kappa shape index (κ2) is 6.15. The van der Waals surface area contributed by atoms with Crippen LogP contribution < -0.4 is 0 Å². The molecular weight excluding hydrogens is 239 g/mol. The van der Waals surface area contributed by atoms with Gasteiger partial charge in [-0.1, -0.05) is 38.8 Å². The Morgan fingerprint density at radius 3 is 2.12 bits per heavy atom. The Bertz CT molecular complexity index is 433. The molecule has 0 unspecified atom stereocenters. The summed E-state index contributed by atoms with van der Waals surface area (Å²) in [5.41, 5.74) is 0.650. The van der Waals surface area contributed by atoms with Gasteiger partial charge in [-0.15, -0.1) is 0 Å². The van der Waals surface area contributed by atoms with E-state index < -0.39 is 9.84 Å². The lowest BCUT2D eigenvalue weighted by Crippen LogP contribution is -2.17. The van der Waals surface area contributed by atoms with Crippen LogP contribution in [0.15, 0.2) is 24.3 Å². The van der Waals surface area contributed by atoms with E-state index >= 15 is 0 Å². The lowest BCUT2D eigenvalue weighted by molar-refractivity contribution is 0.523. The zero-order valence-corrected chi connectivity index (χ0v) is 11.1. The van der Waals surface area contributed by atoms with Gasteiger partial charge in [0.15, 0.2) is 9.84 Å². The van der Waals surface area contributed by atoms with Gasteiger partial charge in [0.2, 0.25) is 0 Å². The van der Waals surface area contributed by atoms with Crippen LogP contribution in [-0.2, 0) is 15.6 Å². The molecular formula is C13H19FO2S. The van der Waals surface area contributed by atoms with E-state index in [4.69, 9.17) is 0 Å². The van der Waals surface area contributed by atoms with E-state index in [9.17, 15) is 12.8 Å². The first-order valence-electron chi connectivity index (χ1n) is 5.91. The van der Waals surface area contributed by atoms with Gasteiger partial charge in [-0.3, -0.25) is 0 Å². The molecule has 1 rings (SSSR count). The third kappa shape index (κ3) is 4.86. The molecule has 0 heterocycles. The molecule has 96 valence electrons. The minimum Gasteiger partial charge on any atom is -0.228 e. The zero-order valence-electron chi connectivity index (χ0n) is 10.3. The van der Waals surface area contributed by atoms with Gasteiger partial charge < -0.3 is 0 Å². The summed E-state index contributed by atoms with van der Waals surface area (Å²) in [6.07, 6.45) is 1.75. The summed E-state index contributed by atoms with van der Waals surface area (Å²) in [7, 11) is -3.09. The highest BCUT2D eigenvalue weighted by atomic mass is 32.2. The van der Waals surface area contributed by atoms with Crippen molar-refractivity contribution in [2.75, 3.05) is 5.75 Å². The molecule has 0 atom stereocenters. The van der Waals surface area contributed by atoms with E-state index in [1.165, 1.54) is 24.3 Å².